The molecule has 0 unspecified atom stereocenters. The summed E-state index contributed by atoms with van der Waals surface area (Å²) in [5.74, 6) is 0.119. The Balaban J connectivity index is 1.97. The maximum Gasteiger partial charge on any atom is 0.258 e. The Bertz CT molecular complexity index is 664. The van der Waals surface area contributed by atoms with Crippen molar-refractivity contribution >= 4 is 11.6 Å². The van der Waals surface area contributed by atoms with Gasteiger partial charge in [0.2, 0.25) is 0 Å². The molecule has 20 heavy (non-hydrogen) atoms. The Morgan fingerprint density at radius 3 is 2.80 bits per heavy atom. The van der Waals surface area contributed by atoms with Gasteiger partial charge in [-0.05, 0) is 49.1 Å². The molecule has 0 aliphatic carbocycles. The van der Waals surface area contributed by atoms with E-state index < -0.39 is 0 Å². The van der Waals surface area contributed by atoms with E-state index in [9.17, 15) is 9.90 Å². The van der Waals surface area contributed by atoms with Crippen LogP contribution in [0.3, 0.4) is 0 Å². The minimum atomic E-state index is -0.0487. The topological polar surface area (TPSA) is 40.5 Å². The van der Waals surface area contributed by atoms with Gasteiger partial charge in [0.25, 0.3) is 5.91 Å². The first-order valence-electron chi connectivity index (χ1n) is 6.86. The van der Waals surface area contributed by atoms with Crippen LogP contribution in [0.15, 0.2) is 42.5 Å². The lowest BCUT2D eigenvalue weighted by Gasteiger charge is -2.29. The number of benzene rings is 2. The molecule has 0 saturated carbocycles. The van der Waals surface area contributed by atoms with Crippen LogP contribution in [0.2, 0.25) is 0 Å². The van der Waals surface area contributed by atoms with E-state index in [0.29, 0.717) is 5.56 Å². The minimum absolute atomic E-state index is 0.0487. The van der Waals surface area contributed by atoms with Gasteiger partial charge in [0.15, 0.2) is 0 Å². The van der Waals surface area contributed by atoms with Crippen molar-refractivity contribution < 1.29 is 9.90 Å². The molecule has 1 aliphatic rings. The number of rotatable bonds is 1. The molecule has 2 aromatic rings. The number of carbonyl (C=O) groups excluding carboxylic acids is 1. The molecule has 0 radical (unpaired) electrons. The van der Waals surface area contributed by atoms with Crippen LogP contribution in [0.4, 0.5) is 5.69 Å². The summed E-state index contributed by atoms with van der Waals surface area (Å²) >= 11 is 0. The summed E-state index contributed by atoms with van der Waals surface area (Å²) in [7, 11) is 0. The molecule has 0 aromatic heterocycles. The summed E-state index contributed by atoms with van der Waals surface area (Å²) in [6, 6.07) is 13.1. The summed E-state index contributed by atoms with van der Waals surface area (Å²) in [4.78, 5) is 14.4. The van der Waals surface area contributed by atoms with Gasteiger partial charge >= 0.3 is 0 Å². The maximum atomic E-state index is 12.6. The largest absolute Gasteiger partial charge is 0.508 e. The highest BCUT2D eigenvalue weighted by atomic mass is 16.3. The van der Waals surface area contributed by atoms with Crippen LogP contribution in [-0.4, -0.2) is 17.6 Å². The van der Waals surface area contributed by atoms with Gasteiger partial charge in [-0.25, -0.2) is 0 Å². The van der Waals surface area contributed by atoms with E-state index in [-0.39, 0.29) is 11.7 Å². The lowest BCUT2D eigenvalue weighted by Crippen LogP contribution is -2.35. The Hall–Kier alpha value is -2.29. The van der Waals surface area contributed by atoms with Crippen LogP contribution in [0, 0.1) is 6.92 Å². The summed E-state index contributed by atoms with van der Waals surface area (Å²) in [6.45, 7) is 2.55. The van der Waals surface area contributed by atoms with Crippen LogP contribution in [0.1, 0.15) is 27.9 Å². The molecular formula is C17H17NO2. The third-order valence-corrected chi connectivity index (χ3v) is 3.81. The number of phenols is 1. The number of amides is 1. The average molecular weight is 267 g/mol. The second-order valence-corrected chi connectivity index (χ2v) is 5.19. The number of phenolic OH excluding ortho intramolecular Hbond substituents is 1. The second-order valence-electron chi connectivity index (χ2n) is 5.19. The van der Waals surface area contributed by atoms with Crippen molar-refractivity contribution in [2.24, 2.45) is 0 Å². The zero-order valence-electron chi connectivity index (χ0n) is 11.5. The number of nitrogens with zero attached hydrogens (tertiary/aromatic N) is 1. The van der Waals surface area contributed by atoms with Gasteiger partial charge in [0.05, 0.1) is 0 Å². The Morgan fingerprint density at radius 1 is 1.20 bits per heavy atom. The molecule has 0 atom stereocenters. The fraction of sp³-hybridized carbons (Fsp3) is 0.235. The molecule has 1 heterocycles. The predicted molar refractivity (Wildman–Crippen MR) is 79.3 cm³/mol. The van der Waals surface area contributed by atoms with Crippen LogP contribution in [-0.2, 0) is 6.42 Å². The van der Waals surface area contributed by atoms with Crippen LogP contribution >= 0.6 is 0 Å². The van der Waals surface area contributed by atoms with Gasteiger partial charge < -0.3 is 10.0 Å². The van der Waals surface area contributed by atoms with E-state index >= 15 is 0 Å². The summed E-state index contributed by atoms with van der Waals surface area (Å²) in [5, 5.41) is 9.77. The standard InChI is InChI=1S/C17H17NO2/c1-12-8-9-14(11-16(12)19)17(20)18-10-4-6-13-5-2-3-7-15(13)18/h2-3,5,7-9,11,19H,4,6,10H2,1H3. The first kappa shape index (κ1) is 12.7. The van der Waals surface area contributed by atoms with Crippen LogP contribution in [0.5, 0.6) is 5.75 Å². The van der Waals surface area contributed by atoms with E-state index in [0.717, 1.165) is 30.6 Å². The average Bonchev–Trinajstić information content (AvgIpc) is 2.49. The van der Waals surface area contributed by atoms with Crippen molar-refractivity contribution in [2.75, 3.05) is 11.4 Å². The summed E-state index contributed by atoms with van der Waals surface area (Å²) < 4.78 is 0. The zero-order valence-corrected chi connectivity index (χ0v) is 11.5. The Labute approximate surface area is 118 Å². The van der Waals surface area contributed by atoms with Gasteiger partial charge in [-0.2, -0.15) is 0 Å². The molecule has 0 spiro atoms. The molecule has 1 N–H and O–H groups in total. The molecule has 3 heteroatoms. The van der Waals surface area contributed by atoms with Crippen molar-refractivity contribution in [2.45, 2.75) is 19.8 Å². The normalized spacial score (nSPS) is 13.9. The Kier molecular flexibility index (Phi) is 3.18. The molecule has 0 bridgehead atoms. The number of anilines is 1. The Morgan fingerprint density at radius 2 is 2.00 bits per heavy atom. The van der Waals surface area contributed by atoms with E-state index in [4.69, 9.17) is 0 Å². The van der Waals surface area contributed by atoms with E-state index in [1.807, 2.05) is 30.0 Å². The van der Waals surface area contributed by atoms with Crippen molar-refractivity contribution in [3.63, 3.8) is 0 Å². The number of hydrogen-bond donors (Lipinski definition) is 1. The monoisotopic (exact) mass is 267 g/mol. The summed E-state index contributed by atoms with van der Waals surface area (Å²) in [5.41, 5.74) is 3.51. The van der Waals surface area contributed by atoms with Crippen LogP contribution < -0.4 is 4.90 Å². The number of aryl methyl sites for hydroxylation is 2. The summed E-state index contributed by atoms with van der Waals surface area (Å²) in [6.07, 6.45) is 1.99. The number of hydrogen-bond acceptors (Lipinski definition) is 2. The van der Waals surface area contributed by atoms with Crippen LogP contribution in [0.25, 0.3) is 0 Å². The predicted octanol–water partition coefficient (Wildman–Crippen LogP) is 3.29. The lowest BCUT2D eigenvalue weighted by molar-refractivity contribution is 0.0984. The second kappa shape index (κ2) is 5.00. The first-order valence-corrected chi connectivity index (χ1v) is 6.86. The lowest BCUT2D eigenvalue weighted by atomic mass is 10.0. The molecule has 3 rings (SSSR count). The molecule has 1 amide bonds. The molecule has 0 fully saturated rings. The molecule has 3 nitrogen and oxygen atoms in total. The molecule has 2 aromatic carbocycles. The van der Waals surface area contributed by atoms with Gasteiger partial charge in [-0.3, -0.25) is 4.79 Å². The highest BCUT2D eigenvalue weighted by Crippen LogP contribution is 2.29. The van der Waals surface area contributed by atoms with Gasteiger partial charge in [-0.1, -0.05) is 24.3 Å². The molecule has 102 valence electrons. The van der Waals surface area contributed by atoms with Crippen molar-refractivity contribution in [3.05, 3.63) is 59.2 Å². The molecule has 1 aliphatic heterocycles. The van der Waals surface area contributed by atoms with Crippen molar-refractivity contribution in [1.29, 1.82) is 0 Å². The van der Waals surface area contributed by atoms with Gasteiger partial charge in [-0.15, -0.1) is 0 Å². The smallest absolute Gasteiger partial charge is 0.258 e. The number of fused-ring (bicyclic) bond motifs is 1. The molecule has 0 saturated heterocycles. The fourth-order valence-electron chi connectivity index (χ4n) is 2.64. The van der Waals surface area contributed by atoms with E-state index in [1.54, 1.807) is 18.2 Å². The quantitative estimate of drug-likeness (QED) is 0.861. The number of para-hydroxylation sites is 1. The highest BCUT2D eigenvalue weighted by Gasteiger charge is 2.23. The van der Waals surface area contributed by atoms with Crippen molar-refractivity contribution in [1.82, 2.24) is 0 Å². The SMILES string of the molecule is Cc1ccc(C(=O)N2CCCc3ccccc32)cc1O. The minimum Gasteiger partial charge on any atom is -0.508 e. The van der Waals surface area contributed by atoms with E-state index in [1.165, 1.54) is 5.56 Å². The first-order chi connectivity index (χ1) is 9.66. The van der Waals surface area contributed by atoms with E-state index in [2.05, 4.69) is 6.07 Å². The van der Waals surface area contributed by atoms with Gasteiger partial charge in [0, 0.05) is 17.8 Å². The zero-order chi connectivity index (χ0) is 14.1. The third-order valence-electron chi connectivity index (χ3n) is 3.81. The van der Waals surface area contributed by atoms with Crippen molar-refractivity contribution in [3.8, 4) is 5.75 Å². The molecular weight excluding hydrogens is 250 g/mol. The third kappa shape index (κ3) is 2.16. The number of carbonyl (C=O) groups is 1. The maximum absolute atomic E-state index is 12.6. The number of aromatic hydroxyl groups is 1. The fourth-order valence-corrected chi connectivity index (χ4v) is 2.64. The van der Waals surface area contributed by atoms with Gasteiger partial charge in [0.1, 0.15) is 5.75 Å². The highest BCUT2D eigenvalue weighted by molar-refractivity contribution is 6.07.